The van der Waals surface area contributed by atoms with E-state index in [1.165, 1.54) is 61.2 Å². The summed E-state index contributed by atoms with van der Waals surface area (Å²) >= 11 is 0. The SMILES string of the molecule is C[Si](C)(C)/C=C1/C(=C2c3ccccc3-c3ccccc32)C([Si](C)(C)C)OOC12c1ccccc1-c1ccccc12. The third kappa shape index (κ3) is 3.67. The van der Waals surface area contributed by atoms with Crippen LogP contribution in [0.2, 0.25) is 39.3 Å². The van der Waals surface area contributed by atoms with E-state index in [0.717, 1.165) is 0 Å². The predicted octanol–water partition coefficient (Wildman–Crippen LogP) is 9.40. The Hall–Kier alpha value is -3.29. The summed E-state index contributed by atoms with van der Waals surface area (Å²) in [6.07, 6.45) is 0. The Balaban J connectivity index is 1.66. The Morgan fingerprint density at radius 1 is 0.575 bits per heavy atom. The van der Waals surface area contributed by atoms with Gasteiger partial charge in [0.15, 0.2) is 5.60 Å². The number of hydrogen-bond donors (Lipinski definition) is 0. The first-order chi connectivity index (χ1) is 19.1. The van der Waals surface area contributed by atoms with Gasteiger partial charge in [0, 0.05) is 11.1 Å². The molecule has 2 aliphatic carbocycles. The molecule has 0 amide bonds. The summed E-state index contributed by atoms with van der Waals surface area (Å²) in [6.45, 7) is 14.5. The molecule has 0 bridgehead atoms. The molecule has 4 heteroatoms. The van der Waals surface area contributed by atoms with E-state index in [-0.39, 0.29) is 5.73 Å². The molecule has 0 saturated carbocycles. The van der Waals surface area contributed by atoms with Crippen LogP contribution in [0.25, 0.3) is 27.8 Å². The van der Waals surface area contributed by atoms with Gasteiger partial charge in [-0.15, -0.1) is 0 Å². The van der Waals surface area contributed by atoms with Crippen molar-refractivity contribution in [2.45, 2.75) is 50.6 Å². The zero-order chi connectivity index (χ0) is 27.9. The van der Waals surface area contributed by atoms with Crippen molar-refractivity contribution >= 4 is 21.7 Å². The average molecular weight is 557 g/mol. The quantitative estimate of drug-likeness (QED) is 0.159. The van der Waals surface area contributed by atoms with E-state index in [1.54, 1.807) is 0 Å². The highest BCUT2D eigenvalue weighted by atomic mass is 28.3. The second-order valence-corrected chi connectivity index (χ2v) is 23.8. The van der Waals surface area contributed by atoms with Gasteiger partial charge in [-0.25, -0.2) is 9.78 Å². The van der Waals surface area contributed by atoms with Crippen molar-refractivity contribution in [3.8, 4) is 22.3 Å². The Kier molecular flexibility index (Phi) is 5.68. The van der Waals surface area contributed by atoms with Crippen LogP contribution in [0.4, 0.5) is 0 Å². The highest BCUT2D eigenvalue weighted by Gasteiger charge is 2.56. The molecule has 1 unspecified atom stereocenters. The van der Waals surface area contributed by atoms with E-state index in [2.05, 4.69) is 142 Å². The van der Waals surface area contributed by atoms with Crippen LogP contribution in [-0.4, -0.2) is 21.9 Å². The number of fused-ring (bicyclic) bond motifs is 8. The lowest BCUT2D eigenvalue weighted by Crippen LogP contribution is -2.51. The first-order valence-corrected chi connectivity index (χ1v) is 21.5. The van der Waals surface area contributed by atoms with Crippen LogP contribution in [-0.2, 0) is 15.4 Å². The van der Waals surface area contributed by atoms with Gasteiger partial charge in [0.2, 0.25) is 0 Å². The molecule has 4 aromatic carbocycles. The van der Waals surface area contributed by atoms with E-state index < -0.39 is 21.7 Å². The first kappa shape index (κ1) is 25.7. The second-order valence-electron chi connectivity index (χ2n) is 13.5. The highest BCUT2D eigenvalue weighted by Crippen LogP contribution is 2.60. The first-order valence-electron chi connectivity index (χ1n) is 14.3. The fraction of sp³-hybridized carbons (Fsp3) is 0.222. The van der Waals surface area contributed by atoms with E-state index in [4.69, 9.17) is 9.78 Å². The molecule has 4 aromatic rings. The minimum atomic E-state index is -1.93. The Labute approximate surface area is 240 Å². The molecule has 1 saturated heterocycles. The van der Waals surface area contributed by atoms with Gasteiger partial charge in [0.05, 0.1) is 16.1 Å². The predicted molar refractivity (Wildman–Crippen MR) is 171 cm³/mol. The van der Waals surface area contributed by atoms with Crippen LogP contribution in [0.5, 0.6) is 0 Å². The molecule has 200 valence electrons. The Morgan fingerprint density at radius 2 is 1.00 bits per heavy atom. The molecular formula is C36H36O2Si2. The van der Waals surface area contributed by atoms with Crippen molar-refractivity contribution in [2.24, 2.45) is 0 Å². The molecule has 1 aliphatic heterocycles. The summed E-state index contributed by atoms with van der Waals surface area (Å²) in [7, 11) is -3.69. The fourth-order valence-corrected chi connectivity index (χ4v) is 9.61. The lowest BCUT2D eigenvalue weighted by Gasteiger charge is -2.46. The summed E-state index contributed by atoms with van der Waals surface area (Å²) in [4.78, 5) is 13.7. The van der Waals surface area contributed by atoms with E-state index >= 15 is 0 Å². The molecule has 1 fully saturated rings. The van der Waals surface area contributed by atoms with Gasteiger partial charge < -0.3 is 0 Å². The molecule has 1 heterocycles. The molecule has 3 aliphatic rings. The topological polar surface area (TPSA) is 18.5 Å². The van der Waals surface area contributed by atoms with Crippen molar-refractivity contribution in [3.63, 3.8) is 0 Å². The molecule has 0 N–H and O–H groups in total. The van der Waals surface area contributed by atoms with Gasteiger partial charge in [0.25, 0.3) is 0 Å². The van der Waals surface area contributed by atoms with Gasteiger partial charge in [-0.1, -0.05) is 142 Å². The summed E-state index contributed by atoms with van der Waals surface area (Å²) < 4.78 is 0. The van der Waals surface area contributed by atoms with Gasteiger partial charge in [-0.3, -0.25) is 0 Å². The van der Waals surface area contributed by atoms with Crippen LogP contribution in [0.15, 0.2) is 114 Å². The van der Waals surface area contributed by atoms with Crippen LogP contribution >= 0.6 is 0 Å². The molecule has 0 aromatic heterocycles. The summed E-state index contributed by atoms with van der Waals surface area (Å²) in [5, 5.41) is 0. The largest absolute Gasteiger partial charge is 0.231 e. The van der Waals surface area contributed by atoms with Crippen molar-refractivity contribution in [2.75, 3.05) is 0 Å². The number of rotatable bonds is 2. The monoisotopic (exact) mass is 556 g/mol. The van der Waals surface area contributed by atoms with Gasteiger partial charge in [0.1, 0.15) is 5.73 Å². The zero-order valence-electron chi connectivity index (χ0n) is 24.2. The Morgan fingerprint density at radius 3 is 1.45 bits per heavy atom. The molecule has 0 radical (unpaired) electrons. The highest BCUT2D eigenvalue weighted by molar-refractivity contribution is 6.81. The second kappa shape index (κ2) is 8.86. The van der Waals surface area contributed by atoms with E-state index in [1.807, 2.05) is 0 Å². The minimum absolute atomic E-state index is 0.116. The van der Waals surface area contributed by atoms with Gasteiger partial charge in [-0.05, 0) is 50.1 Å². The van der Waals surface area contributed by atoms with Crippen LogP contribution in [0.3, 0.4) is 0 Å². The van der Waals surface area contributed by atoms with E-state index in [0.29, 0.717) is 0 Å². The maximum absolute atomic E-state index is 6.90. The zero-order valence-corrected chi connectivity index (χ0v) is 26.2. The fourth-order valence-electron chi connectivity index (χ4n) is 6.88. The Bertz CT molecular complexity index is 1640. The van der Waals surface area contributed by atoms with Crippen LogP contribution < -0.4 is 0 Å². The number of benzene rings is 4. The van der Waals surface area contributed by atoms with Crippen molar-refractivity contribution in [1.29, 1.82) is 0 Å². The molecule has 1 atom stereocenters. The molecular weight excluding hydrogens is 521 g/mol. The maximum atomic E-state index is 6.90. The summed E-state index contributed by atoms with van der Waals surface area (Å²) in [5.74, 6) is 0. The maximum Gasteiger partial charge on any atom is 0.179 e. The smallest absolute Gasteiger partial charge is 0.179 e. The lowest BCUT2D eigenvalue weighted by atomic mass is 9.78. The van der Waals surface area contributed by atoms with Crippen molar-refractivity contribution in [3.05, 3.63) is 136 Å². The van der Waals surface area contributed by atoms with E-state index in [9.17, 15) is 0 Å². The third-order valence-electron chi connectivity index (χ3n) is 8.42. The summed E-state index contributed by atoms with van der Waals surface area (Å²) in [6, 6.07) is 35.3. The molecule has 40 heavy (non-hydrogen) atoms. The third-order valence-corrected chi connectivity index (χ3v) is 11.5. The van der Waals surface area contributed by atoms with Crippen LogP contribution in [0.1, 0.15) is 22.3 Å². The summed E-state index contributed by atoms with van der Waals surface area (Å²) in [5.41, 5.74) is 15.6. The van der Waals surface area contributed by atoms with Crippen LogP contribution in [0, 0.1) is 0 Å². The number of hydrogen-bond acceptors (Lipinski definition) is 2. The normalized spacial score (nSPS) is 19.9. The lowest BCUT2D eigenvalue weighted by molar-refractivity contribution is -0.361. The van der Waals surface area contributed by atoms with Crippen molar-refractivity contribution in [1.82, 2.24) is 0 Å². The average Bonchev–Trinajstić information content (AvgIpc) is 3.40. The van der Waals surface area contributed by atoms with Crippen molar-refractivity contribution < 1.29 is 9.78 Å². The van der Waals surface area contributed by atoms with Gasteiger partial charge in [-0.2, -0.15) is 0 Å². The van der Waals surface area contributed by atoms with Gasteiger partial charge >= 0.3 is 0 Å². The molecule has 1 spiro atoms. The minimum Gasteiger partial charge on any atom is -0.231 e. The standard InChI is InChI=1S/C36H36O2Si2/c1-39(2,3)23-32-34(33-28-19-9-7-15-24(28)25-16-8-10-20-29(25)33)35(40(4,5)6)37-38-36(32)30-21-13-11-17-26(30)27-18-12-14-22-31(27)36/h7-23,35H,1-6H3/b32-23-. The molecule has 7 rings (SSSR count). The molecule has 2 nitrogen and oxygen atoms in total.